The minimum absolute atomic E-state index is 0.188. The van der Waals surface area contributed by atoms with Gasteiger partial charge >= 0.3 is 0 Å². The van der Waals surface area contributed by atoms with Crippen LogP contribution in [0.1, 0.15) is 18.9 Å². The van der Waals surface area contributed by atoms with Crippen LogP contribution < -0.4 is 0 Å². The predicted octanol–water partition coefficient (Wildman–Crippen LogP) is 4.29. The Balaban J connectivity index is 2.29. The summed E-state index contributed by atoms with van der Waals surface area (Å²) in [6.45, 7) is 4.83. The minimum Gasteiger partial charge on any atom is -0.330 e. The molecule has 0 aliphatic rings. The molecule has 0 fully saturated rings. The third-order valence-electron chi connectivity index (χ3n) is 2.93. The van der Waals surface area contributed by atoms with Crippen LogP contribution in [0.5, 0.6) is 0 Å². The van der Waals surface area contributed by atoms with Gasteiger partial charge in [-0.25, -0.2) is 4.39 Å². The Morgan fingerprint density at radius 1 is 1.44 bits per heavy atom. The molecule has 0 saturated heterocycles. The molecule has 0 spiro atoms. The van der Waals surface area contributed by atoms with Gasteiger partial charge in [-0.1, -0.05) is 6.92 Å². The molecule has 2 aromatic rings. The summed E-state index contributed by atoms with van der Waals surface area (Å²) in [5.41, 5.74) is 2.44. The van der Waals surface area contributed by atoms with Crippen LogP contribution in [0.2, 0.25) is 0 Å². The van der Waals surface area contributed by atoms with Gasteiger partial charge in [0, 0.05) is 6.54 Å². The zero-order valence-corrected chi connectivity index (χ0v) is 12.3. The molecular formula is C13H17FN2S2. The lowest BCUT2D eigenvalue weighted by Gasteiger charge is -2.05. The summed E-state index contributed by atoms with van der Waals surface area (Å²) in [5.74, 6) is 2.08. The van der Waals surface area contributed by atoms with Crippen LogP contribution in [-0.2, 0) is 6.54 Å². The molecule has 1 heterocycles. The van der Waals surface area contributed by atoms with E-state index in [4.69, 9.17) is 12.2 Å². The molecule has 0 atom stereocenters. The van der Waals surface area contributed by atoms with Crippen molar-refractivity contribution in [2.75, 3.05) is 11.5 Å². The number of benzene rings is 1. The van der Waals surface area contributed by atoms with Crippen LogP contribution in [0, 0.1) is 17.5 Å². The number of hydrogen-bond acceptors (Lipinski definition) is 2. The topological polar surface area (TPSA) is 20.7 Å². The number of aromatic nitrogens is 2. The summed E-state index contributed by atoms with van der Waals surface area (Å²) in [4.78, 5) is 3.07. The summed E-state index contributed by atoms with van der Waals surface area (Å²) in [6, 6.07) is 3.39. The van der Waals surface area contributed by atoms with Gasteiger partial charge in [0.2, 0.25) is 0 Å². The Morgan fingerprint density at radius 2 is 2.22 bits per heavy atom. The van der Waals surface area contributed by atoms with E-state index in [9.17, 15) is 4.39 Å². The van der Waals surface area contributed by atoms with E-state index in [1.165, 1.54) is 6.07 Å². The zero-order chi connectivity index (χ0) is 13.1. The van der Waals surface area contributed by atoms with E-state index < -0.39 is 0 Å². The molecule has 0 amide bonds. The molecule has 2 nitrogen and oxygen atoms in total. The molecule has 18 heavy (non-hydrogen) atoms. The van der Waals surface area contributed by atoms with E-state index in [1.807, 2.05) is 17.8 Å². The molecule has 0 radical (unpaired) electrons. The van der Waals surface area contributed by atoms with Crippen LogP contribution in [-0.4, -0.2) is 21.1 Å². The van der Waals surface area contributed by atoms with Crippen LogP contribution >= 0.6 is 24.0 Å². The first-order valence-corrected chi connectivity index (χ1v) is 7.66. The van der Waals surface area contributed by atoms with Crippen molar-refractivity contribution in [1.82, 2.24) is 9.55 Å². The highest BCUT2D eigenvalue weighted by Gasteiger charge is 2.07. The minimum atomic E-state index is -0.188. The average Bonchev–Trinajstić information content (AvgIpc) is 2.62. The summed E-state index contributed by atoms with van der Waals surface area (Å²) in [5, 5.41) is 0. The molecule has 2 rings (SSSR count). The zero-order valence-electron chi connectivity index (χ0n) is 10.6. The molecule has 0 aliphatic carbocycles. The molecule has 98 valence electrons. The molecule has 5 heteroatoms. The second-order valence-electron chi connectivity index (χ2n) is 4.25. The standard InChI is InChI=1S/C13H17FN2S2/c1-3-18-6-4-5-16-12-7-9(2)10(14)8-11(12)15-13(16)17/h7-8H,3-6H2,1-2H3,(H,15,17). The second kappa shape index (κ2) is 5.89. The third kappa shape index (κ3) is 2.78. The predicted molar refractivity (Wildman–Crippen MR) is 79.4 cm³/mol. The second-order valence-corrected chi connectivity index (χ2v) is 6.03. The highest BCUT2D eigenvalue weighted by Crippen LogP contribution is 2.19. The molecule has 1 aromatic heterocycles. The van der Waals surface area contributed by atoms with Gasteiger partial charge < -0.3 is 9.55 Å². The van der Waals surface area contributed by atoms with Gasteiger partial charge in [0.25, 0.3) is 0 Å². The fraction of sp³-hybridized carbons (Fsp3) is 0.462. The molecule has 0 bridgehead atoms. The normalized spacial score (nSPS) is 11.3. The Kier molecular flexibility index (Phi) is 4.45. The van der Waals surface area contributed by atoms with E-state index in [2.05, 4.69) is 16.5 Å². The Labute approximate surface area is 116 Å². The van der Waals surface area contributed by atoms with Crippen molar-refractivity contribution < 1.29 is 4.39 Å². The Morgan fingerprint density at radius 3 is 2.94 bits per heavy atom. The van der Waals surface area contributed by atoms with Crippen molar-refractivity contribution in [2.24, 2.45) is 0 Å². The first kappa shape index (κ1) is 13.6. The van der Waals surface area contributed by atoms with Crippen molar-refractivity contribution >= 4 is 35.0 Å². The van der Waals surface area contributed by atoms with Crippen LogP contribution in [0.4, 0.5) is 4.39 Å². The number of fused-ring (bicyclic) bond motifs is 1. The lowest BCUT2D eigenvalue weighted by molar-refractivity contribution is 0.620. The van der Waals surface area contributed by atoms with E-state index >= 15 is 0 Å². The maximum atomic E-state index is 13.5. The molecular weight excluding hydrogens is 267 g/mol. The van der Waals surface area contributed by atoms with E-state index in [1.54, 1.807) is 6.92 Å². The van der Waals surface area contributed by atoms with E-state index in [-0.39, 0.29) is 5.82 Å². The fourth-order valence-electron chi connectivity index (χ4n) is 1.97. The van der Waals surface area contributed by atoms with Gasteiger partial charge in [-0.3, -0.25) is 0 Å². The number of thioether (sulfide) groups is 1. The van der Waals surface area contributed by atoms with Crippen molar-refractivity contribution in [3.05, 3.63) is 28.3 Å². The highest BCUT2D eigenvalue weighted by molar-refractivity contribution is 7.99. The first-order chi connectivity index (χ1) is 8.63. The molecule has 0 saturated carbocycles. The van der Waals surface area contributed by atoms with Crippen LogP contribution in [0.25, 0.3) is 11.0 Å². The number of rotatable bonds is 5. The Hall–Kier alpha value is -0.810. The molecule has 1 N–H and O–H groups in total. The molecule has 1 aromatic carbocycles. The first-order valence-electron chi connectivity index (χ1n) is 6.10. The Bertz CT molecular complexity index is 601. The number of H-pyrrole nitrogens is 1. The van der Waals surface area contributed by atoms with Gasteiger partial charge in [-0.05, 0) is 54.8 Å². The maximum Gasteiger partial charge on any atom is 0.178 e. The van der Waals surface area contributed by atoms with Gasteiger partial charge in [-0.2, -0.15) is 11.8 Å². The van der Waals surface area contributed by atoms with E-state index in [0.717, 1.165) is 35.5 Å². The average molecular weight is 284 g/mol. The summed E-state index contributed by atoms with van der Waals surface area (Å²) in [6.07, 6.45) is 1.08. The molecule has 0 aliphatic heterocycles. The number of imidazole rings is 1. The number of hydrogen-bond donors (Lipinski definition) is 1. The van der Waals surface area contributed by atoms with Crippen LogP contribution in [0.15, 0.2) is 12.1 Å². The third-order valence-corrected chi connectivity index (χ3v) is 4.24. The SMILES string of the molecule is CCSCCCn1c(=S)[nH]c2cc(F)c(C)cc21. The summed E-state index contributed by atoms with van der Waals surface area (Å²) < 4.78 is 16.2. The van der Waals surface area contributed by atoms with E-state index in [0.29, 0.717) is 10.3 Å². The van der Waals surface area contributed by atoms with Crippen molar-refractivity contribution in [2.45, 2.75) is 26.8 Å². The quantitative estimate of drug-likeness (QED) is 0.653. The lowest BCUT2D eigenvalue weighted by Crippen LogP contribution is -1.99. The number of halogens is 1. The number of aromatic amines is 1. The number of aryl methyl sites for hydroxylation is 2. The van der Waals surface area contributed by atoms with Gasteiger partial charge in [0.1, 0.15) is 5.82 Å². The smallest absolute Gasteiger partial charge is 0.178 e. The highest BCUT2D eigenvalue weighted by atomic mass is 32.2. The number of nitrogens with one attached hydrogen (secondary N) is 1. The summed E-state index contributed by atoms with van der Waals surface area (Å²) >= 11 is 7.22. The van der Waals surface area contributed by atoms with Gasteiger partial charge in [0.15, 0.2) is 4.77 Å². The van der Waals surface area contributed by atoms with Gasteiger partial charge in [-0.15, -0.1) is 0 Å². The number of nitrogens with zero attached hydrogens (tertiary/aromatic N) is 1. The summed E-state index contributed by atoms with van der Waals surface area (Å²) in [7, 11) is 0. The largest absolute Gasteiger partial charge is 0.330 e. The van der Waals surface area contributed by atoms with Crippen LogP contribution in [0.3, 0.4) is 0 Å². The molecule has 0 unspecified atom stereocenters. The van der Waals surface area contributed by atoms with Crippen molar-refractivity contribution in [1.29, 1.82) is 0 Å². The fourth-order valence-corrected chi connectivity index (χ4v) is 2.89. The lowest BCUT2D eigenvalue weighted by atomic mass is 10.2. The van der Waals surface area contributed by atoms with Crippen molar-refractivity contribution in [3.63, 3.8) is 0 Å². The van der Waals surface area contributed by atoms with Crippen molar-refractivity contribution in [3.8, 4) is 0 Å². The maximum absolute atomic E-state index is 13.5. The van der Waals surface area contributed by atoms with Gasteiger partial charge in [0.05, 0.1) is 11.0 Å². The monoisotopic (exact) mass is 284 g/mol.